The molecule has 1 unspecified atom stereocenters. The van der Waals surface area contributed by atoms with Gasteiger partial charge in [-0.1, -0.05) is 5.16 Å². The zero-order valence-corrected chi connectivity index (χ0v) is 7.05. The van der Waals surface area contributed by atoms with Gasteiger partial charge in [-0.3, -0.25) is 0 Å². The molecule has 1 aromatic rings. The summed E-state index contributed by atoms with van der Waals surface area (Å²) in [5, 5.41) is 5.87. The van der Waals surface area contributed by atoms with E-state index in [0.29, 0.717) is 11.7 Å². The van der Waals surface area contributed by atoms with E-state index < -0.39 is 0 Å². The molecule has 4 nitrogen and oxygen atoms in total. The summed E-state index contributed by atoms with van der Waals surface area (Å²) in [5.74, 6) is 1.08. The Balaban J connectivity index is 2.84. The molecule has 58 valence electrons. The van der Waals surface area contributed by atoms with Crippen LogP contribution in [0.2, 0.25) is 0 Å². The SMILES string of the molecule is Cc1noc(C(C)N=C=S)n1. The van der Waals surface area contributed by atoms with Crippen LogP contribution in [0.5, 0.6) is 0 Å². The molecule has 0 bridgehead atoms. The number of hydrogen-bond donors (Lipinski definition) is 0. The van der Waals surface area contributed by atoms with Gasteiger partial charge in [-0.15, -0.1) is 0 Å². The molecular formula is C6H7N3OS. The van der Waals surface area contributed by atoms with Gasteiger partial charge in [0.2, 0.25) is 0 Å². The van der Waals surface area contributed by atoms with Crippen molar-refractivity contribution in [2.24, 2.45) is 4.99 Å². The second-order valence-corrected chi connectivity index (χ2v) is 2.26. The maximum absolute atomic E-state index is 4.84. The van der Waals surface area contributed by atoms with E-state index in [1.165, 1.54) is 0 Å². The van der Waals surface area contributed by atoms with Gasteiger partial charge in [0.05, 0.1) is 5.16 Å². The summed E-state index contributed by atoms with van der Waals surface area (Å²) in [5.41, 5.74) is 0. The van der Waals surface area contributed by atoms with E-state index >= 15 is 0 Å². The third kappa shape index (κ3) is 1.93. The average Bonchev–Trinajstić information content (AvgIpc) is 2.36. The van der Waals surface area contributed by atoms with Gasteiger partial charge in [0.1, 0.15) is 6.04 Å². The van der Waals surface area contributed by atoms with Gasteiger partial charge in [0.25, 0.3) is 5.89 Å². The summed E-state index contributed by atoms with van der Waals surface area (Å²) in [6.45, 7) is 3.56. The van der Waals surface area contributed by atoms with Crippen molar-refractivity contribution in [3.8, 4) is 0 Å². The lowest BCUT2D eigenvalue weighted by Gasteiger charge is -1.92. The van der Waals surface area contributed by atoms with Gasteiger partial charge in [0.15, 0.2) is 5.82 Å². The summed E-state index contributed by atoms with van der Waals surface area (Å²) in [6, 6.07) is -0.186. The molecule has 0 aliphatic rings. The largest absolute Gasteiger partial charge is 0.337 e. The standard InChI is InChI=1S/C6H7N3OS/c1-4(7-3-11)6-8-5(2)9-10-6/h4H,1-2H3. The number of rotatable bonds is 2. The fourth-order valence-corrected chi connectivity index (χ4v) is 0.775. The second-order valence-electron chi connectivity index (χ2n) is 2.08. The molecule has 0 aliphatic heterocycles. The number of aryl methyl sites for hydroxylation is 1. The molecule has 11 heavy (non-hydrogen) atoms. The van der Waals surface area contributed by atoms with Crippen LogP contribution < -0.4 is 0 Å². The van der Waals surface area contributed by atoms with Crippen molar-refractivity contribution < 1.29 is 4.52 Å². The van der Waals surface area contributed by atoms with Gasteiger partial charge >= 0.3 is 0 Å². The first-order chi connectivity index (χ1) is 5.24. The van der Waals surface area contributed by atoms with Crippen LogP contribution in [0.15, 0.2) is 9.52 Å². The van der Waals surface area contributed by atoms with Crippen molar-refractivity contribution in [2.45, 2.75) is 19.9 Å². The van der Waals surface area contributed by atoms with E-state index in [0.717, 1.165) is 0 Å². The monoisotopic (exact) mass is 169 g/mol. The van der Waals surface area contributed by atoms with E-state index in [-0.39, 0.29) is 6.04 Å². The van der Waals surface area contributed by atoms with Crippen molar-refractivity contribution in [3.63, 3.8) is 0 Å². The van der Waals surface area contributed by atoms with Crippen LogP contribution in [0.4, 0.5) is 0 Å². The first-order valence-electron chi connectivity index (χ1n) is 3.11. The Morgan fingerprint density at radius 2 is 2.45 bits per heavy atom. The highest BCUT2D eigenvalue weighted by molar-refractivity contribution is 7.78. The third-order valence-electron chi connectivity index (χ3n) is 1.15. The molecule has 5 heteroatoms. The number of nitrogens with zero attached hydrogens (tertiary/aromatic N) is 3. The van der Waals surface area contributed by atoms with Gasteiger partial charge in [-0.2, -0.15) is 4.98 Å². The van der Waals surface area contributed by atoms with E-state index in [9.17, 15) is 0 Å². The molecule has 0 N–H and O–H groups in total. The molecule has 1 aromatic heterocycles. The lowest BCUT2D eigenvalue weighted by atomic mass is 10.4. The molecule has 0 aromatic carbocycles. The highest BCUT2D eigenvalue weighted by Crippen LogP contribution is 2.12. The Morgan fingerprint density at radius 3 is 2.91 bits per heavy atom. The molecule has 0 fully saturated rings. The van der Waals surface area contributed by atoms with Crippen molar-refractivity contribution in [1.82, 2.24) is 10.1 Å². The minimum Gasteiger partial charge on any atom is -0.337 e. The minimum atomic E-state index is -0.186. The fourth-order valence-electron chi connectivity index (χ4n) is 0.617. The van der Waals surface area contributed by atoms with Gasteiger partial charge in [0, 0.05) is 0 Å². The molecule has 0 spiro atoms. The van der Waals surface area contributed by atoms with Crippen LogP contribution in [0.25, 0.3) is 0 Å². The first-order valence-corrected chi connectivity index (χ1v) is 3.52. The highest BCUT2D eigenvalue weighted by Gasteiger charge is 2.09. The lowest BCUT2D eigenvalue weighted by molar-refractivity contribution is 0.359. The van der Waals surface area contributed by atoms with E-state index in [1.54, 1.807) is 6.92 Å². The zero-order chi connectivity index (χ0) is 8.27. The van der Waals surface area contributed by atoms with Gasteiger partial charge in [-0.25, -0.2) is 4.99 Å². The maximum Gasteiger partial charge on any atom is 0.251 e. The van der Waals surface area contributed by atoms with Crippen molar-refractivity contribution in [3.05, 3.63) is 11.7 Å². The Labute approximate surface area is 69.3 Å². The maximum atomic E-state index is 4.84. The first kappa shape index (κ1) is 8.04. The number of aliphatic imine (C=N–C) groups is 1. The molecule has 0 amide bonds. The fraction of sp³-hybridized carbons (Fsp3) is 0.500. The average molecular weight is 169 g/mol. The number of isothiocyanates is 1. The molecule has 1 rings (SSSR count). The Morgan fingerprint density at radius 1 is 1.73 bits per heavy atom. The van der Waals surface area contributed by atoms with Crippen molar-refractivity contribution in [1.29, 1.82) is 0 Å². The lowest BCUT2D eigenvalue weighted by Crippen LogP contribution is -1.88. The molecule has 0 saturated carbocycles. The van der Waals surface area contributed by atoms with Crippen LogP contribution in [-0.2, 0) is 0 Å². The van der Waals surface area contributed by atoms with E-state index in [4.69, 9.17) is 4.52 Å². The number of hydrogen-bond acceptors (Lipinski definition) is 5. The van der Waals surface area contributed by atoms with Crippen LogP contribution in [-0.4, -0.2) is 15.3 Å². The van der Waals surface area contributed by atoms with Crippen molar-refractivity contribution >= 4 is 17.4 Å². The smallest absolute Gasteiger partial charge is 0.251 e. The second kappa shape index (κ2) is 3.37. The predicted molar refractivity (Wildman–Crippen MR) is 42.5 cm³/mol. The normalized spacial score (nSPS) is 12.2. The number of aromatic nitrogens is 2. The highest BCUT2D eigenvalue weighted by atomic mass is 32.1. The summed E-state index contributed by atoms with van der Waals surface area (Å²) in [4.78, 5) is 7.75. The number of thiocarbonyl (C=S) groups is 1. The van der Waals surface area contributed by atoms with Crippen LogP contribution >= 0.6 is 12.2 Å². The topological polar surface area (TPSA) is 51.3 Å². The van der Waals surface area contributed by atoms with Gasteiger partial charge < -0.3 is 4.52 Å². The summed E-state index contributed by atoms with van der Waals surface area (Å²) >= 11 is 4.43. The molecule has 0 aliphatic carbocycles. The molecular weight excluding hydrogens is 162 g/mol. The zero-order valence-electron chi connectivity index (χ0n) is 6.24. The minimum absolute atomic E-state index is 0.186. The van der Waals surface area contributed by atoms with Gasteiger partial charge in [-0.05, 0) is 26.1 Å². The van der Waals surface area contributed by atoms with E-state index in [1.807, 2.05) is 6.92 Å². The van der Waals surface area contributed by atoms with Crippen LogP contribution in [0.1, 0.15) is 24.7 Å². The quantitative estimate of drug-likeness (QED) is 0.497. The molecule has 1 atom stereocenters. The van der Waals surface area contributed by atoms with Crippen LogP contribution in [0, 0.1) is 6.92 Å². The van der Waals surface area contributed by atoms with Crippen molar-refractivity contribution in [2.75, 3.05) is 0 Å². The Bertz CT molecular complexity index is 290. The molecule has 0 radical (unpaired) electrons. The summed E-state index contributed by atoms with van der Waals surface area (Å²) < 4.78 is 4.84. The van der Waals surface area contributed by atoms with E-state index in [2.05, 4.69) is 32.5 Å². The molecule has 1 heterocycles. The summed E-state index contributed by atoms with van der Waals surface area (Å²) in [7, 11) is 0. The summed E-state index contributed by atoms with van der Waals surface area (Å²) in [6.07, 6.45) is 0. The Kier molecular flexibility index (Phi) is 2.46. The predicted octanol–water partition coefficient (Wildman–Crippen LogP) is 1.54. The van der Waals surface area contributed by atoms with Crippen LogP contribution in [0.3, 0.4) is 0 Å². The third-order valence-corrected chi connectivity index (χ3v) is 1.25. The Hall–Kier alpha value is -1.06. The molecule has 0 saturated heterocycles.